The fraction of sp³-hybridized carbons (Fsp3) is 0.385. The summed E-state index contributed by atoms with van der Waals surface area (Å²) in [6.07, 6.45) is 3.62. The zero-order valence-corrected chi connectivity index (χ0v) is 10.1. The second kappa shape index (κ2) is 6.15. The predicted octanol–water partition coefficient (Wildman–Crippen LogP) is 2.09. The minimum Gasteiger partial charge on any atom is -0.308 e. The molecule has 0 radical (unpaired) electrons. The molecule has 4 heteroatoms. The topological polar surface area (TPSA) is 53.6 Å². The Morgan fingerprint density at radius 1 is 1.29 bits per heavy atom. The molecule has 1 aromatic carbocycles. The lowest BCUT2D eigenvalue weighted by atomic mass is 10.0. The highest BCUT2D eigenvalue weighted by molar-refractivity contribution is 5.15. The van der Waals surface area contributed by atoms with Crippen molar-refractivity contribution in [3.8, 4) is 0 Å². The SMILES string of the molecule is CCNC(CCc1ccccc1)c1ncn[nH]1. The molecule has 90 valence electrons. The van der Waals surface area contributed by atoms with E-state index in [9.17, 15) is 0 Å². The number of aromatic nitrogens is 3. The van der Waals surface area contributed by atoms with E-state index in [0.29, 0.717) is 0 Å². The fourth-order valence-corrected chi connectivity index (χ4v) is 1.92. The van der Waals surface area contributed by atoms with Crippen LogP contribution in [0.15, 0.2) is 36.7 Å². The van der Waals surface area contributed by atoms with E-state index < -0.39 is 0 Å². The number of rotatable bonds is 6. The highest BCUT2D eigenvalue weighted by Crippen LogP contribution is 2.15. The standard InChI is InChI=1S/C13H18N4/c1-2-14-12(13-15-10-16-17-13)9-8-11-6-4-3-5-7-11/h3-7,10,12,14H,2,8-9H2,1H3,(H,15,16,17). The Bertz CT molecular complexity index is 410. The molecule has 2 aromatic rings. The van der Waals surface area contributed by atoms with Crippen LogP contribution < -0.4 is 5.32 Å². The van der Waals surface area contributed by atoms with Gasteiger partial charge in [-0.25, -0.2) is 4.98 Å². The van der Waals surface area contributed by atoms with Crippen LogP contribution in [0.3, 0.4) is 0 Å². The van der Waals surface area contributed by atoms with Crippen molar-refractivity contribution >= 4 is 0 Å². The van der Waals surface area contributed by atoms with E-state index in [1.165, 1.54) is 5.56 Å². The Morgan fingerprint density at radius 2 is 2.12 bits per heavy atom. The van der Waals surface area contributed by atoms with Gasteiger partial charge >= 0.3 is 0 Å². The zero-order valence-electron chi connectivity index (χ0n) is 10.1. The van der Waals surface area contributed by atoms with Crippen molar-refractivity contribution in [1.29, 1.82) is 0 Å². The van der Waals surface area contributed by atoms with Crippen LogP contribution in [0.5, 0.6) is 0 Å². The van der Waals surface area contributed by atoms with Crippen LogP contribution in [0.25, 0.3) is 0 Å². The Kier molecular flexibility index (Phi) is 4.27. The Morgan fingerprint density at radius 3 is 2.76 bits per heavy atom. The number of nitrogens with zero attached hydrogens (tertiary/aromatic N) is 2. The van der Waals surface area contributed by atoms with E-state index >= 15 is 0 Å². The molecule has 0 aliphatic heterocycles. The highest BCUT2D eigenvalue weighted by atomic mass is 15.2. The van der Waals surface area contributed by atoms with Gasteiger partial charge in [0.25, 0.3) is 0 Å². The van der Waals surface area contributed by atoms with Crippen molar-refractivity contribution in [2.75, 3.05) is 6.54 Å². The zero-order chi connectivity index (χ0) is 11.9. The maximum absolute atomic E-state index is 4.22. The molecular formula is C13H18N4. The Hall–Kier alpha value is -1.68. The van der Waals surface area contributed by atoms with Crippen LogP contribution in [0.2, 0.25) is 0 Å². The molecule has 4 nitrogen and oxygen atoms in total. The van der Waals surface area contributed by atoms with Gasteiger partial charge in [0.2, 0.25) is 0 Å². The van der Waals surface area contributed by atoms with Gasteiger partial charge in [0.1, 0.15) is 12.2 Å². The van der Waals surface area contributed by atoms with E-state index in [-0.39, 0.29) is 6.04 Å². The average Bonchev–Trinajstić information content (AvgIpc) is 2.89. The smallest absolute Gasteiger partial charge is 0.141 e. The molecule has 2 N–H and O–H groups in total. The van der Waals surface area contributed by atoms with Crippen LogP contribution in [0, 0.1) is 0 Å². The number of hydrogen-bond donors (Lipinski definition) is 2. The number of nitrogens with one attached hydrogen (secondary N) is 2. The molecule has 0 saturated heterocycles. The summed E-state index contributed by atoms with van der Waals surface area (Å²) in [4.78, 5) is 4.22. The number of aryl methyl sites for hydroxylation is 1. The highest BCUT2D eigenvalue weighted by Gasteiger charge is 2.12. The summed E-state index contributed by atoms with van der Waals surface area (Å²) in [5, 5.41) is 10.3. The number of aromatic amines is 1. The predicted molar refractivity (Wildman–Crippen MR) is 67.6 cm³/mol. The van der Waals surface area contributed by atoms with Gasteiger partial charge in [-0.15, -0.1) is 0 Å². The van der Waals surface area contributed by atoms with Crippen LogP contribution in [-0.2, 0) is 6.42 Å². The third-order valence-electron chi connectivity index (χ3n) is 2.78. The van der Waals surface area contributed by atoms with Crippen LogP contribution >= 0.6 is 0 Å². The molecular weight excluding hydrogens is 212 g/mol. The lowest BCUT2D eigenvalue weighted by molar-refractivity contribution is 0.492. The normalized spacial score (nSPS) is 12.5. The van der Waals surface area contributed by atoms with E-state index in [1.807, 2.05) is 6.07 Å². The van der Waals surface area contributed by atoms with Gasteiger partial charge in [0.15, 0.2) is 0 Å². The van der Waals surface area contributed by atoms with Gasteiger partial charge < -0.3 is 5.32 Å². The molecule has 1 atom stereocenters. The van der Waals surface area contributed by atoms with Crippen molar-refractivity contribution in [2.45, 2.75) is 25.8 Å². The van der Waals surface area contributed by atoms with Gasteiger partial charge in [0, 0.05) is 0 Å². The molecule has 1 unspecified atom stereocenters. The first kappa shape index (κ1) is 11.8. The summed E-state index contributed by atoms with van der Waals surface area (Å²) < 4.78 is 0. The first-order chi connectivity index (χ1) is 8.40. The molecule has 17 heavy (non-hydrogen) atoms. The quantitative estimate of drug-likeness (QED) is 0.799. The van der Waals surface area contributed by atoms with Crippen molar-refractivity contribution in [3.05, 3.63) is 48.0 Å². The molecule has 0 aliphatic carbocycles. The number of benzene rings is 1. The van der Waals surface area contributed by atoms with Gasteiger partial charge in [-0.3, -0.25) is 5.10 Å². The lowest BCUT2D eigenvalue weighted by Crippen LogP contribution is -2.22. The molecule has 0 amide bonds. The number of H-pyrrole nitrogens is 1. The van der Waals surface area contributed by atoms with E-state index in [2.05, 4.69) is 51.7 Å². The summed E-state index contributed by atoms with van der Waals surface area (Å²) in [7, 11) is 0. The molecule has 0 fully saturated rings. The molecule has 0 aliphatic rings. The maximum Gasteiger partial charge on any atom is 0.141 e. The second-order valence-corrected chi connectivity index (χ2v) is 4.01. The Balaban J connectivity index is 1.95. The molecule has 2 rings (SSSR count). The van der Waals surface area contributed by atoms with Crippen LogP contribution in [0.1, 0.15) is 30.8 Å². The summed E-state index contributed by atoms with van der Waals surface area (Å²) in [6.45, 7) is 3.03. The Labute approximate surface area is 101 Å². The van der Waals surface area contributed by atoms with Gasteiger partial charge in [-0.05, 0) is 24.9 Å². The average molecular weight is 230 g/mol. The minimum atomic E-state index is 0.253. The summed E-state index contributed by atoms with van der Waals surface area (Å²) >= 11 is 0. The third kappa shape index (κ3) is 3.39. The van der Waals surface area contributed by atoms with Gasteiger partial charge in [-0.1, -0.05) is 37.3 Å². The molecule has 1 heterocycles. The molecule has 1 aromatic heterocycles. The second-order valence-electron chi connectivity index (χ2n) is 4.01. The maximum atomic E-state index is 4.22. The lowest BCUT2D eigenvalue weighted by Gasteiger charge is -2.14. The van der Waals surface area contributed by atoms with Crippen molar-refractivity contribution in [3.63, 3.8) is 0 Å². The summed E-state index contributed by atoms with van der Waals surface area (Å²) in [5.41, 5.74) is 1.36. The fourth-order valence-electron chi connectivity index (χ4n) is 1.92. The molecule has 0 saturated carbocycles. The van der Waals surface area contributed by atoms with Crippen molar-refractivity contribution in [1.82, 2.24) is 20.5 Å². The third-order valence-corrected chi connectivity index (χ3v) is 2.78. The van der Waals surface area contributed by atoms with Crippen molar-refractivity contribution < 1.29 is 0 Å². The van der Waals surface area contributed by atoms with Crippen LogP contribution in [0.4, 0.5) is 0 Å². The van der Waals surface area contributed by atoms with E-state index in [0.717, 1.165) is 25.2 Å². The molecule has 0 bridgehead atoms. The van der Waals surface area contributed by atoms with Gasteiger partial charge in [0.05, 0.1) is 6.04 Å². The number of hydrogen-bond acceptors (Lipinski definition) is 3. The van der Waals surface area contributed by atoms with E-state index in [1.54, 1.807) is 6.33 Å². The van der Waals surface area contributed by atoms with Crippen LogP contribution in [-0.4, -0.2) is 21.7 Å². The van der Waals surface area contributed by atoms with E-state index in [4.69, 9.17) is 0 Å². The first-order valence-corrected chi connectivity index (χ1v) is 6.02. The minimum absolute atomic E-state index is 0.253. The molecule has 0 spiro atoms. The summed E-state index contributed by atoms with van der Waals surface area (Å²) in [5.74, 6) is 0.919. The monoisotopic (exact) mass is 230 g/mol. The van der Waals surface area contributed by atoms with Gasteiger partial charge in [-0.2, -0.15) is 5.10 Å². The largest absolute Gasteiger partial charge is 0.308 e. The first-order valence-electron chi connectivity index (χ1n) is 6.02. The summed E-state index contributed by atoms with van der Waals surface area (Å²) in [6, 6.07) is 10.8. The van der Waals surface area contributed by atoms with Crippen molar-refractivity contribution in [2.24, 2.45) is 0 Å².